The molecule has 1 aromatic heterocycles. The van der Waals surface area contributed by atoms with Crippen LogP contribution in [0.15, 0.2) is 61.0 Å². The van der Waals surface area contributed by atoms with E-state index in [1.54, 1.807) is 18.5 Å². The number of fused-ring (bicyclic) bond motifs is 1. The van der Waals surface area contributed by atoms with Crippen LogP contribution in [0.4, 0.5) is 0 Å². The van der Waals surface area contributed by atoms with Crippen molar-refractivity contribution in [2.45, 2.75) is 13.0 Å². The van der Waals surface area contributed by atoms with Gasteiger partial charge in [0, 0.05) is 29.9 Å². The minimum Gasteiger partial charge on any atom is -0.344 e. The third-order valence-corrected chi connectivity index (χ3v) is 3.73. The summed E-state index contributed by atoms with van der Waals surface area (Å²) < 4.78 is 0. The van der Waals surface area contributed by atoms with E-state index in [2.05, 4.69) is 16.9 Å². The Labute approximate surface area is 137 Å². The maximum Gasteiger partial charge on any atom is 0.251 e. The number of nitrogens with one attached hydrogen (secondary N) is 1. The Hall–Kier alpha value is -2.46. The molecule has 0 aliphatic rings. The summed E-state index contributed by atoms with van der Waals surface area (Å²) in [5, 5.41) is 5.12. The van der Waals surface area contributed by atoms with Crippen LogP contribution in [0, 0.1) is 0 Å². The van der Waals surface area contributed by atoms with E-state index in [9.17, 15) is 4.79 Å². The zero-order chi connectivity index (χ0) is 16.8. The van der Waals surface area contributed by atoms with Crippen molar-refractivity contribution in [1.29, 1.82) is 0 Å². The van der Waals surface area contributed by atoms with Crippen molar-refractivity contribution in [3.8, 4) is 0 Å². The third-order valence-electron chi connectivity index (χ3n) is 3.73. The van der Waals surface area contributed by atoms with Crippen LogP contribution in [0.25, 0.3) is 10.8 Å². The molecular formula is C19H23N3O. The lowest BCUT2D eigenvalue weighted by molar-refractivity contribution is 0.0938. The molecule has 1 amide bonds. The molecule has 23 heavy (non-hydrogen) atoms. The van der Waals surface area contributed by atoms with E-state index in [0.717, 1.165) is 22.9 Å². The molecule has 120 valence electrons. The molecule has 0 bridgehead atoms. The van der Waals surface area contributed by atoms with E-state index < -0.39 is 0 Å². The Bertz CT molecular complexity index is 734. The molecule has 1 N–H and O–H groups in total. The predicted octanol–water partition coefficient (Wildman–Crippen LogP) is 3.03. The molecule has 4 nitrogen and oxygen atoms in total. The van der Waals surface area contributed by atoms with Gasteiger partial charge >= 0.3 is 0 Å². The minimum absolute atomic E-state index is 0.0863. The van der Waals surface area contributed by atoms with Gasteiger partial charge in [0.25, 0.3) is 5.91 Å². The van der Waals surface area contributed by atoms with Crippen molar-refractivity contribution in [1.82, 2.24) is 15.2 Å². The Morgan fingerprint density at radius 2 is 2.13 bits per heavy atom. The molecule has 1 heterocycles. The Morgan fingerprint density at radius 1 is 1.35 bits per heavy atom. The molecule has 0 saturated heterocycles. The average Bonchev–Trinajstić information content (AvgIpc) is 2.54. The van der Waals surface area contributed by atoms with Gasteiger partial charge in [-0.3, -0.25) is 9.78 Å². The lowest BCUT2D eigenvalue weighted by Crippen LogP contribution is -2.42. The summed E-state index contributed by atoms with van der Waals surface area (Å²) in [4.78, 5) is 18.7. The number of carbonyl (C=O) groups excluding carboxylic acids is 1. The second-order valence-electron chi connectivity index (χ2n) is 5.72. The van der Waals surface area contributed by atoms with Gasteiger partial charge in [-0.15, -0.1) is 0 Å². The van der Waals surface area contributed by atoms with Crippen LogP contribution in [-0.4, -0.2) is 42.5 Å². The third kappa shape index (κ3) is 4.27. The number of benzene rings is 1. The maximum atomic E-state index is 12.6. The minimum atomic E-state index is -0.0897. The number of rotatable bonds is 6. The molecule has 1 unspecified atom stereocenters. The molecule has 0 aliphatic heterocycles. The number of hydrogen-bond donors (Lipinski definition) is 1. The zero-order valence-corrected chi connectivity index (χ0v) is 13.9. The molecule has 2 aromatic rings. The fourth-order valence-electron chi connectivity index (χ4n) is 2.53. The van der Waals surface area contributed by atoms with Gasteiger partial charge in [0.05, 0.1) is 6.04 Å². The number of allylic oxidation sites excluding steroid dienone is 1. The normalized spacial score (nSPS) is 13.1. The van der Waals surface area contributed by atoms with E-state index in [1.165, 1.54) is 0 Å². The number of hydrogen-bond acceptors (Lipinski definition) is 3. The Balaban J connectivity index is 2.23. The number of nitrogens with zero attached hydrogens (tertiary/aromatic N) is 2. The highest BCUT2D eigenvalue weighted by molar-refractivity contribution is 5.98. The summed E-state index contributed by atoms with van der Waals surface area (Å²) >= 11 is 0. The monoisotopic (exact) mass is 309 g/mol. The largest absolute Gasteiger partial charge is 0.344 e. The summed E-state index contributed by atoms with van der Waals surface area (Å²) in [6.45, 7) is 6.51. The fraction of sp³-hybridized carbons (Fsp3) is 0.263. The number of carbonyl (C=O) groups is 1. The lowest BCUT2D eigenvalue weighted by atomic mass is 10.0. The van der Waals surface area contributed by atoms with Gasteiger partial charge in [-0.2, -0.15) is 0 Å². The molecule has 4 heteroatoms. The second-order valence-corrected chi connectivity index (χ2v) is 5.72. The fourth-order valence-corrected chi connectivity index (χ4v) is 2.53. The summed E-state index contributed by atoms with van der Waals surface area (Å²) in [5.74, 6) is -0.0863. The first-order valence-electron chi connectivity index (χ1n) is 7.63. The first-order chi connectivity index (χ1) is 11.0. The number of pyridine rings is 1. The first kappa shape index (κ1) is 16.9. The highest BCUT2D eigenvalue weighted by atomic mass is 16.1. The predicted molar refractivity (Wildman–Crippen MR) is 95.5 cm³/mol. The van der Waals surface area contributed by atoms with E-state index in [4.69, 9.17) is 0 Å². The topological polar surface area (TPSA) is 45.2 Å². The Kier molecular flexibility index (Phi) is 5.66. The quantitative estimate of drug-likeness (QED) is 0.834. The molecule has 1 atom stereocenters. The van der Waals surface area contributed by atoms with Gasteiger partial charge in [-0.25, -0.2) is 0 Å². The van der Waals surface area contributed by atoms with Gasteiger partial charge < -0.3 is 10.2 Å². The first-order valence-corrected chi connectivity index (χ1v) is 7.63. The number of aromatic nitrogens is 1. The van der Waals surface area contributed by atoms with Gasteiger partial charge in [0.1, 0.15) is 0 Å². The molecule has 0 aliphatic carbocycles. The number of amides is 1. The smallest absolute Gasteiger partial charge is 0.251 e. The summed E-state index contributed by atoms with van der Waals surface area (Å²) in [6.07, 6.45) is 7.30. The van der Waals surface area contributed by atoms with Crippen LogP contribution in [0.5, 0.6) is 0 Å². The summed E-state index contributed by atoms with van der Waals surface area (Å²) in [6, 6.07) is 7.46. The maximum absolute atomic E-state index is 12.6. The number of likely N-dealkylation sites (N-methyl/N-ethyl adjacent to an activating group) is 1. The van der Waals surface area contributed by atoms with Crippen LogP contribution in [0.3, 0.4) is 0 Å². The molecule has 2 rings (SSSR count). The average molecular weight is 309 g/mol. The van der Waals surface area contributed by atoms with Crippen molar-refractivity contribution < 1.29 is 4.79 Å². The van der Waals surface area contributed by atoms with Crippen LogP contribution < -0.4 is 5.32 Å². The van der Waals surface area contributed by atoms with Gasteiger partial charge in [0.2, 0.25) is 0 Å². The van der Waals surface area contributed by atoms with Crippen LogP contribution in [0.2, 0.25) is 0 Å². The van der Waals surface area contributed by atoms with Crippen molar-refractivity contribution in [3.63, 3.8) is 0 Å². The molecule has 0 fully saturated rings. The van der Waals surface area contributed by atoms with Crippen molar-refractivity contribution in [2.75, 3.05) is 20.6 Å². The summed E-state index contributed by atoms with van der Waals surface area (Å²) in [7, 11) is 3.97. The van der Waals surface area contributed by atoms with E-state index >= 15 is 0 Å². The van der Waals surface area contributed by atoms with Crippen LogP contribution in [0.1, 0.15) is 17.3 Å². The molecular weight excluding hydrogens is 286 g/mol. The standard InChI is InChI=1S/C19H23N3O/c1-5-14(6-2)18(13-22(3)4)21-19(23)16-7-8-17-12-20-10-9-15(17)11-16/h5-12,18H,1,13H2,2-4H3,(H,21,23)/b14-6+. The van der Waals surface area contributed by atoms with E-state index in [0.29, 0.717) is 5.56 Å². The SMILES string of the molecule is C=C/C(=C\C)C(CN(C)C)NC(=O)c1ccc2cnccc2c1. The summed E-state index contributed by atoms with van der Waals surface area (Å²) in [5.41, 5.74) is 1.66. The van der Waals surface area contributed by atoms with E-state index in [-0.39, 0.29) is 11.9 Å². The zero-order valence-electron chi connectivity index (χ0n) is 13.9. The van der Waals surface area contributed by atoms with Crippen molar-refractivity contribution in [3.05, 3.63) is 66.5 Å². The van der Waals surface area contributed by atoms with Crippen molar-refractivity contribution >= 4 is 16.7 Å². The van der Waals surface area contributed by atoms with Crippen molar-refractivity contribution in [2.24, 2.45) is 0 Å². The highest BCUT2D eigenvalue weighted by Crippen LogP contribution is 2.15. The lowest BCUT2D eigenvalue weighted by Gasteiger charge is -2.23. The van der Waals surface area contributed by atoms with Crippen LogP contribution >= 0.6 is 0 Å². The van der Waals surface area contributed by atoms with E-state index in [1.807, 2.05) is 56.3 Å². The second kappa shape index (κ2) is 7.70. The van der Waals surface area contributed by atoms with Gasteiger partial charge in [-0.1, -0.05) is 24.8 Å². The Morgan fingerprint density at radius 3 is 2.78 bits per heavy atom. The molecule has 0 spiro atoms. The molecule has 0 saturated carbocycles. The van der Waals surface area contributed by atoms with Gasteiger partial charge in [-0.05, 0) is 50.2 Å². The molecule has 0 radical (unpaired) electrons. The molecule has 1 aromatic carbocycles. The van der Waals surface area contributed by atoms with Crippen LogP contribution in [-0.2, 0) is 0 Å². The van der Waals surface area contributed by atoms with Gasteiger partial charge in [0.15, 0.2) is 0 Å². The highest BCUT2D eigenvalue weighted by Gasteiger charge is 2.17.